The highest BCUT2D eigenvalue weighted by atomic mass is 32.2. The Bertz CT molecular complexity index is 768. The number of nitrogens with zero attached hydrogens (tertiary/aromatic N) is 1. The molecule has 0 saturated carbocycles. The largest absolute Gasteiger partial charge is 0.358 e. The Hall–Kier alpha value is -2.21. The second-order valence-corrected chi connectivity index (χ2v) is 6.31. The van der Waals surface area contributed by atoms with Crippen LogP contribution >= 0.6 is 0 Å². The first-order chi connectivity index (χ1) is 9.79. The van der Waals surface area contributed by atoms with Crippen molar-refractivity contribution in [3.63, 3.8) is 0 Å². The van der Waals surface area contributed by atoms with Crippen molar-refractivity contribution in [1.82, 2.24) is 0 Å². The van der Waals surface area contributed by atoms with E-state index in [1.807, 2.05) is 13.8 Å². The summed E-state index contributed by atoms with van der Waals surface area (Å²) in [5.74, 6) is -0.179. The van der Waals surface area contributed by atoms with Gasteiger partial charge < -0.3 is 0 Å². The third-order valence-corrected chi connectivity index (χ3v) is 4.39. The van der Waals surface area contributed by atoms with Gasteiger partial charge in [-0.3, -0.25) is 9.08 Å². The van der Waals surface area contributed by atoms with Crippen molar-refractivity contribution in [2.24, 2.45) is 5.16 Å². The summed E-state index contributed by atoms with van der Waals surface area (Å²) in [6.07, 6.45) is 5.36. The predicted octanol–water partition coefficient (Wildman–Crippen LogP) is 2.37. The van der Waals surface area contributed by atoms with Gasteiger partial charge in [0.15, 0.2) is 5.78 Å². The summed E-state index contributed by atoms with van der Waals surface area (Å²) in [7, 11) is -3.98. The zero-order valence-corrected chi connectivity index (χ0v) is 12.8. The normalized spacial score (nSPS) is 14.4. The van der Waals surface area contributed by atoms with Gasteiger partial charge in [-0.05, 0) is 67.8 Å². The van der Waals surface area contributed by atoms with Crippen LogP contribution in [0.4, 0.5) is 0 Å². The highest BCUT2D eigenvalue weighted by Gasteiger charge is 2.20. The van der Waals surface area contributed by atoms with Crippen molar-refractivity contribution >= 4 is 21.6 Å². The highest BCUT2D eigenvalue weighted by molar-refractivity contribution is 7.86. The molecule has 0 radical (unpaired) electrons. The molecule has 0 fully saturated rings. The van der Waals surface area contributed by atoms with Crippen LogP contribution in [0.15, 0.2) is 46.5 Å². The van der Waals surface area contributed by atoms with Crippen molar-refractivity contribution in [2.45, 2.75) is 25.7 Å². The number of oxime groups is 1. The second kappa shape index (κ2) is 5.65. The van der Waals surface area contributed by atoms with E-state index in [2.05, 4.69) is 5.16 Å². The average molecular weight is 305 g/mol. The molecule has 0 amide bonds. The number of hydrogen-bond acceptors (Lipinski definition) is 5. The van der Waals surface area contributed by atoms with Gasteiger partial charge >= 0.3 is 10.1 Å². The van der Waals surface area contributed by atoms with Gasteiger partial charge in [0.1, 0.15) is 10.6 Å². The number of hydrogen-bond donors (Lipinski definition) is 0. The van der Waals surface area contributed by atoms with Gasteiger partial charge in [-0.1, -0.05) is 11.2 Å². The lowest BCUT2D eigenvalue weighted by molar-refractivity contribution is -0.110. The summed E-state index contributed by atoms with van der Waals surface area (Å²) in [5.41, 5.74) is 2.73. The van der Waals surface area contributed by atoms with E-state index in [0.29, 0.717) is 5.56 Å². The van der Waals surface area contributed by atoms with Crippen LogP contribution in [-0.4, -0.2) is 19.9 Å². The molecule has 0 atom stereocenters. The molecule has 1 aliphatic carbocycles. The number of carbonyl (C=O) groups excluding carboxylic acids is 1. The topological polar surface area (TPSA) is 72.8 Å². The summed E-state index contributed by atoms with van der Waals surface area (Å²) in [4.78, 5) is 11.1. The first-order valence-electron chi connectivity index (χ1n) is 6.29. The van der Waals surface area contributed by atoms with Crippen LogP contribution in [0, 0.1) is 20.8 Å². The van der Waals surface area contributed by atoms with E-state index in [1.165, 1.54) is 24.3 Å². The lowest BCUT2D eigenvalue weighted by atomic mass is 10.1. The second-order valence-electron chi connectivity index (χ2n) is 4.82. The summed E-state index contributed by atoms with van der Waals surface area (Å²) < 4.78 is 29.1. The molecule has 1 aliphatic rings. The summed E-state index contributed by atoms with van der Waals surface area (Å²) >= 11 is 0. The van der Waals surface area contributed by atoms with Crippen molar-refractivity contribution in [1.29, 1.82) is 0 Å². The third kappa shape index (κ3) is 3.46. The monoisotopic (exact) mass is 305 g/mol. The number of aryl methyl sites for hydroxylation is 3. The number of ketones is 1. The maximum Gasteiger partial charge on any atom is 0.358 e. The summed E-state index contributed by atoms with van der Waals surface area (Å²) in [6.45, 7) is 5.45. The fourth-order valence-electron chi connectivity index (χ4n) is 1.84. The molecule has 110 valence electrons. The number of allylic oxidation sites excluding steroid dienone is 4. The van der Waals surface area contributed by atoms with Gasteiger partial charge in [-0.15, -0.1) is 0 Å². The van der Waals surface area contributed by atoms with E-state index in [-0.39, 0.29) is 16.4 Å². The Balaban J connectivity index is 2.30. The van der Waals surface area contributed by atoms with Crippen molar-refractivity contribution in [3.8, 4) is 0 Å². The highest BCUT2D eigenvalue weighted by Crippen LogP contribution is 2.22. The fraction of sp³-hybridized carbons (Fsp3) is 0.200. The molecule has 0 aromatic heterocycles. The Morgan fingerprint density at radius 2 is 1.48 bits per heavy atom. The quantitative estimate of drug-likeness (QED) is 0.635. The lowest BCUT2D eigenvalue weighted by Crippen LogP contribution is -2.08. The van der Waals surface area contributed by atoms with Crippen molar-refractivity contribution < 1.29 is 17.5 Å². The fourth-order valence-corrected chi connectivity index (χ4v) is 2.88. The Kier molecular flexibility index (Phi) is 4.09. The van der Waals surface area contributed by atoms with Crippen LogP contribution in [0.2, 0.25) is 0 Å². The van der Waals surface area contributed by atoms with Gasteiger partial charge in [0.2, 0.25) is 0 Å². The minimum Gasteiger partial charge on any atom is -0.290 e. The van der Waals surface area contributed by atoms with Crippen LogP contribution in [0.1, 0.15) is 16.7 Å². The molecule has 0 saturated heterocycles. The molecule has 0 spiro atoms. The maximum absolute atomic E-state index is 12.2. The molecule has 0 unspecified atom stereocenters. The lowest BCUT2D eigenvalue weighted by Gasteiger charge is -2.09. The molecule has 5 nitrogen and oxygen atoms in total. The SMILES string of the molecule is Cc1cc(C)c(S(=O)(=O)ON=C2C=CC(=O)C=C2)cc1C. The van der Waals surface area contributed by atoms with Crippen LogP contribution < -0.4 is 0 Å². The summed E-state index contributed by atoms with van der Waals surface area (Å²) in [6, 6.07) is 3.36. The zero-order valence-electron chi connectivity index (χ0n) is 12.0. The molecule has 0 heterocycles. The Morgan fingerprint density at radius 3 is 2.10 bits per heavy atom. The first kappa shape index (κ1) is 15.2. The Labute approximate surface area is 123 Å². The number of benzene rings is 1. The van der Waals surface area contributed by atoms with Gasteiger partial charge in [-0.25, -0.2) is 0 Å². The maximum atomic E-state index is 12.2. The molecular formula is C15H15NO4S. The minimum absolute atomic E-state index is 0.0924. The molecule has 6 heteroatoms. The van der Waals surface area contributed by atoms with Gasteiger partial charge in [0, 0.05) is 0 Å². The molecule has 0 aliphatic heterocycles. The molecule has 0 N–H and O–H groups in total. The van der Waals surface area contributed by atoms with E-state index in [9.17, 15) is 13.2 Å². The molecule has 0 bridgehead atoms. The molecular weight excluding hydrogens is 290 g/mol. The molecule has 1 aromatic carbocycles. The molecule has 21 heavy (non-hydrogen) atoms. The average Bonchev–Trinajstić information content (AvgIpc) is 2.42. The smallest absolute Gasteiger partial charge is 0.290 e. The zero-order chi connectivity index (χ0) is 15.6. The third-order valence-electron chi connectivity index (χ3n) is 3.14. The van der Waals surface area contributed by atoms with E-state index in [1.54, 1.807) is 19.1 Å². The first-order valence-corrected chi connectivity index (χ1v) is 7.70. The number of rotatable bonds is 3. The number of carbonyl (C=O) groups is 1. The van der Waals surface area contributed by atoms with E-state index >= 15 is 0 Å². The Morgan fingerprint density at radius 1 is 0.905 bits per heavy atom. The van der Waals surface area contributed by atoms with Crippen molar-refractivity contribution in [3.05, 3.63) is 53.1 Å². The summed E-state index contributed by atoms with van der Waals surface area (Å²) in [5, 5.41) is 3.56. The van der Waals surface area contributed by atoms with Crippen molar-refractivity contribution in [2.75, 3.05) is 0 Å². The van der Waals surface area contributed by atoms with Gasteiger partial charge in [0.05, 0.1) is 0 Å². The molecule has 1 aromatic rings. The van der Waals surface area contributed by atoms with Crippen LogP contribution in [-0.2, 0) is 19.2 Å². The molecule has 2 rings (SSSR count). The minimum atomic E-state index is -3.98. The van der Waals surface area contributed by atoms with E-state index in [4.69, 9.17) is 4.28 Å². The van der Waals surface area contributed by atoms with Crippen LogP contribution in [0.5, 0.6) is 0 Å². The van der Waals surface area contributed by atoms with Gasteiger partial charge in [0.25, 0.3) is 0 Å². The predicted molar refractivity (Wildman–Crippen MR) is 79.6 cm³/mol. The van der Waals surface area contributed by atoms with E-state index in [0.717, 1.165) is 11.1 Å². The van der Waals surface area contributed by atoms with Gasteiger partial charge in [-0.2, -0.15) is 8.42 Å². The van der Waals surface area contributed by atoms with Crippen LogP contribution in [0.25, 0.3) is 0 Å². The van der Waals surface area contributed by atoms with Crippen LogP contribution in [0.3, 0.4) is 0 Å². The standard InChI is InChI=1S/C15H15NO4S/c1-10-8-12(3)15(9-11(10)2)21(18,19)20-16-13-4-6-14(17)7-5-13/h4-9H,1-3H3. The van der Waals surface area contributed by atoms with E-state index < -0.39 is 10.1 Å².